The van der Waals surface area contributed by atoms with Crippen molar-refractivity contribution in [1.29, 1.82) is 0 Å². The van der Waals surface area contributed by atoms with E-state index in [9.17, 15) is 14.5 Å². The second-order valence-corrected chi connectivity index (χ2v) is 3.44. The van der Waals surface area contributed by atoms with Crippen LogP contribution in [0, 0.1) is 19.5 Å². The predicted molar refractivity (Wildman–Crippen MR) is 52.3 cm³/mol. The molecule has 0 radical (unpaired) electrons. The third-order valence-electron chi connectivity index (χ3n) is 1.40. The molecule has 0 atom stereocenters. The molecule has 0 fully saturated rings. The summed E-state index contributed by atoms with van der Waals surface area (Å²) < 4.78 is 18.3. The molecule has 0 unspecified atom stereocenters. The molecule has 0 spiro atoms. The van der Waals surface area contributed by atoms with Crippen molar-refractivity contribution in [3.8, 4) is 5.75 Å². The van der Waals surface area contributed by atoms with Crippen LogP contribution in [-0.2, 0) is 0 Å². The van der Waals surface area contributed by atoms with Gasteiger partial charge < -0.3 is 4.74 Å². The molecule has 6 heteroatoms. The lowest BCUT2D eigenvalue weighted by molar-refractivity contribution is -0.388. The number of hydrogen-bond acceptors (Lipinski definition) is 3. The van der Waals surface area contributed by atoms with Crippen LogP contribution in [-0.4, -0.2) is 12.0 Å². The number of nitro groups is 1. The van der Waals surface area contributed by atoms with E-state index in [1.165, 1.54) is 13.2 Å². The first-order valence-electron chi connectivity index (χ1n) is 3.23. The van der Waals surface area contributed by atoms with Gasteiger partial charge in [0.25, 0.3) is 0 Å². The molecule has 13 heavy (non-hydrogen) atoms. The lowest BCUT2D eigenvalue weighted by Gasteiger charge is -2.02. The molecule has 70 valence electrons. The fraction of sp³-hybridized carbons (Fsp3) is 0.143. The predicted octanol–water partition coefficient (Wildman–Crippen LogP) is 2.35. The van der Waals surface area contributed by atoms with Gasteiger partial charge >= 0.3 is 5.69 Å². The number of rotatable bonds is 2. The first-order chi connectivity index (χ1) is 6.06. The molecule has 0 saturated heterocycles. The van der Waals surface area contributed by atoms with Crippen LogP contribution in [0.3, 0.4) is 0 Å². The van der Waals surface area contributed by atoms with E-state index in [2.05, 4.69) is 4.74 Å². The Morgan fingerprint density at radius 1 is 1.62 bits per heavy atom. The maximum Gasteiger partial charge on any atom is 0.346 e. The van der Waals surface area contributed by atoms with Crippen LogP contribution in [0.4, 0.5) is 10.1 Å². The number of methoxy groups -OCH3 is 1. The van der Waals surface area contributed by atoms with E-state index in [1.54, 1.807) is 0 Å². The molecule has 0 aromatic heterocycles. The van der Waals surface area contributed by atoms with E-state index >= 15 is 0 Å². The van der Waals surface area contributed by atoms with Gasteiger partial charge in [0.1, 0.15) is 0 Å². The highest BCUT2D eigenvalue weighted by atomic mass is 127. The first kappa shape index (κ1) is 10.2. The molecular weight excluding hydrogens is 292 g/mol. The minimum atomic E-state index is -0.881. The Morgan fingerprint density at radius 2 is 2.23 bits per heavy atom. The van der Waals surface area contributed by atoms with Crippen molar-refractivity contribution < 1.29 is 14.1 Å². The lowest BCUT2D eigenvalue weighted by atomic mass is 10.3. The van der Waals surface area contributed by atoms with E-state index in [1.807, 2.05) is 22.6 Å². The normalized spacial score (nSPS) is 9.77. The average Bonchev–Trinajstić information content (AvgIpc) is 2.01. The fourth-order valence-corrected chi connectivity index (χ4v) is 1.43. The summed E-state index contributed by atoms with van der Waals surface area (Å²) in [7, 11) is 1.26. The third kappa shape index (κ3) is 2.06. The smallest absolute Gasteiger partial charge is 0.346 e. The summed E-state index contributed by atoms with van der Waals surface area (Å²) in [6, 6.07) is 2.49. The van der Waals surface area contributed by atoms with Crippen LogP contribution >= 0.6 is 22.6 Å². The van der Waals surface area contributed by atoms with E-state index in [-0.39, 0.29) is 5.75 Å². The standard InChI is InChI=1S/C7H5FINO3/c1-13-6-3-4(9)2-5(8)7(6)10(11)12/h2-3H,1H3. The molecule has 0 N–H and O–H groups in total. The molecule has 0 heterocycles. The maximum atomic E-state index is 13.0. The van der Waals surface area contributed by atoms with Crippen LogP contribution < -0.4 is 4.74 Å². The van der Waals surface area contributed by atoms with Crippen LogP contribution in [0.2, 0.25) is 0 Å². The fourth-order valence-electron chi connectivity index (χ4n) is 0.875. The zero-order valence-electron chi connectivity index (χ0n) is 6.58. The van der Waals surface area contributed by atoms with Crippen molar-refractivity contribution in [2.75, 3.05) is 7.11 Å². The Labute approximate surface area is 87.0 Å². The van der Waals surface area contributed by atoms with Gasteiger partial charge in [0.15, 0.2) is 0 Å². The van der Waals surface area contributed by atoms with Gasteiger partial charge in [-0.2, -0.15) is 4.39 Å². The van der Waals surface area contributed by atoms with Crippen molar-refractivity contribution in [3.63, 3.8) is 0 Å². The average molecular weight is 297 g/mol. The molecule has 0 bridgehead atoms. The molecule has 0 aliphatic heterocycles. The van der Waals surface area contributed by atoms with Crippen molar-refractivity contribution in [1.82, 2.24) is 0 Å². The largest absolute Gasteiger partial charge is 0.490 e. The zero-order valence-corrected chi connectivity index (χ0v) is 8.74. The molecule has 0 amide bonds. The molecule has 1 aromatic carbocycles. The summed E-state index contributed by atoms with van der Waals surface area (Å²) in [5.41, 5.74) is -0.622. The SMILES string of the molecule is COc1cc(I)cc(F)c1[N+](=O)[O-]. The number of nitro benzene ring substituents is 1. The quantitative estimate of drug-likeness (QED) is 0.478. The number of benzene rings is 1. The zero-order chi connectivity index (χ0) is 10.0. The molecule has 0 aliphatic rings. The van der Waals surface area contributed by atoms with Crippen LogP contribution in [0.15, 0.2) is 12.1 Å². The summed E-state index contributed by atoms with van der Waals surface area (Å²) in [4.78, 5) is 9.59. The molecular formula is C7H5FINO3. The Morgan fingerprint density at radius 3 is 2.69 bits per heavy atom. The van der Waals surface area contributed by atoms with Crippen molar-refractivity contribution in [2.24, 2.45) is 0 Å². The summed E-state index contributed by atoms with van der Waals surface area (Å²) in [6.07, 6.45) is 0. The molecule has 0 saturated carbocycles. The van der Waals surface area contributed by atoms with E-state index in [0.29, 0.717) is 3.57 Å². The summed E-state index contributed by atoms with van der Waals surface area (Å²) >= 11 is 1.85. The summed E-state index contributed by atoms with van der Waals surface area (Å²) in [6.45, 7) is 0. The molecule has 1 rings (SSSR count). The Balaban J connectivity index is 3.38. The van der Waals surface area contributed by atoms with Crippen molar-refractivity contribution >= 4 is 28.3 Å². The van der Waals surface area contributed by atoms with Gasteiger partial charge in [0.05, 0.1) is 12.0 Å². The van der Waals surface area contributed by atoms with Crippen LogP contribution in [0.25, 0.3) is 0 Å². The number of ether oxygens (including phenoxy) is 1. The van der Waals surface area contributed by atoms with Crippen molar-refractivity contribution in [3.05, 3.63) is 31.6 Å². The minimum Gasteiger partial charge on any atom is -0.490 e. The summed E-state index contributed by atoms with van der Waals surface area (Å²) in [5.74, 6) is -0.942. The maximum absolute atomic E-state index is 13.0. The van der Waals surface area contributed by atoms with Gasteiger partial charge in [0.2, 0.25) is 11.6 Å². The lowest BCUT2D eigenvalue weighted by Crippen LogP contribution is -1.97. The van der Waals surface area contributed by atoms with Crippen molar-refractivity contribution in [2.45, 2.75) is 0 Å². The van der Waals surface area contributed by atoms with E-state index < -0.39 is 16.4 Å². The van der Waals surface area contributed by atoms with Gasteiger partial charge in [0, 0.05) is 9.64 Å². The molecule has 4 nitrogen and oxygen atoms in total. The Hall–Kier alpha value is -0.920. The number of nitrogens with zero attached hydrogens (tertiary/aromatic N) is 1. The van der Waals surface area contributed by atoms with Gasteiger partial charge in [-0.1, -0.05) is 0 Å². The van der Waals surface area contributed by atoms with Gasteiger partial charge in [-0.25, -0.2) is 0 Å². The molecule has 1 aromatic rings. The topological polar surface area (TPSA) is 52.4 Å². The van der Waals surface area contributed by atoms with E-state index in [0.717, 1.165) is 6.07 Å². The highest BCUT2D eigenvalue weighted by Crippen LogP contribution is 2.31. The van der Waals surface area contributed by atoms with Gasteiger partial charge in [-0.3, -0.25) is 10.1 Å². The van der Waals surface area contributed by atoms with Gasteiger partial charge in [-0.05, 0) is 28.7 Å². The number of hydrogen-bond donors (Lipinski definition) is 0. The second kappa shape index (κ2) is 3.86. The second-order valence-electron chi connectivity index (χ2n) is 2.20. The summed E-state index contributed by atoms with van der Waals surface area (Å²) in [5, 5.41) is 10.4. The molecule has 0 aliphatic carbocycles. The highest BCUT2D eigenvalue weighted by Gasteiger charge is 2.21. The third-order valence-corrected chi connectivity index (χ3v) is 2.02. The van der Waals surface area contributed by atoms with Crippen LogP contribution in [0.1, 0.15) is 0 Å². The minimum absolute atomic E-state index is 0.0607. The van der Waals surface area contributed by atoms with Crippen LogP contribution in [0.5, 0.6) is 5.75 Å². The Kier molecular flexibility index (Phi) is 3.02. The number of halogens is 2. The monoisotopic (exact) mass is 297 g/mol. The highest BCUT2D eigenvalue weighted by molar-refractivity contribution is 14.1. The first-order valence-corrected chi connectivity index (χ1v) is 4.31. The Bertz CT molecular complexity index is 356. The van der Waals surface area contributed by atoms with Gasteiger partial charge in [-0.15, -0.1) is 0 Å². The van der Waals surface area contributed by atoms with E-state index in [4.69, 9.17) is 0 Å².